The summed E-state index contributed by atoms with van der Waals surface area (Å²) in [5.41, 5.74) is 3.25. The Hall–Kier alpha value is -3.73. The van der Waals surface area contributed by atoms with Gasteiger partial charge in [-0.25, -0.2) is 13.8 Å². The van der Waals surface area contributed by atoms with Crippen molar-refractivity contribution in [2.45, 2.75) is 25.3 Å². The number of nitrogens with zero attached hydrogens (tertiary/aromatic N) is 3. The number of rotatable bonds is 3. The van der Waals surface area contributed by atoms with E-state index in [-0.39, 0.29) is 0 Å². The molecule has 5 rings (SSSR count). The Balaban J connectivity index is 1.53. The number of aryl methyl sites for hydroxylation is 1. The van der Waals surface area contributed by atoms with Gasteiger partial charge in [0, 0.05) is 24.4 Å². The number of alkyl halides is 2. The Kier molecular flexibility index (Phi) is 3.68. The number of anilines is 1. The van der Waals surface area contributed by atoms with Crippen LogP contribution in [0, 0.1) is 18.3 Å². The molecule has 4 aromatic rings. The molecule has 0 aliphatic heterocycles. The van der Waals surface area contributed by atoms with Crippen molar-refractivity contribution >= 4 is 16.6 Å². The zero-order valence-corrected chi connectivity index (χ0v) is 15.3. The van der Waals surface area contributed by atoms with Crippen LogP contribution >= 0.6 is 0 Å². The summed E-state index contributed by atoms with van der Waals surface area (Å²) in [5.74, 6) is -1.94. The highest BCUT2D eigenvalue weighted by Crippen LogP contribution is 2.45. The van der Waals surface area contributed by atoms with E-state index >= 15 is 0 Å². The van der Waals surface area contributed by atoms with Crippen molar-refractivity contribution in [2.75, 3.05) is 5.32 Å². The van der Waals surface area contributed by atoms with Crippen molar-refractivity contribution in [3.63, 3.8) is 0 Å². The van der Waals surface area contributed by atoms with E-state index < -0.39 is 18.4 Å². The summed E-state index contributed by atoms with van der Waals surface area (Å²) >= 11 is 0. The number of aromatic amines is 1. The normalized spacial score (nSPS) is 17.2. The molecule has 1 aliphatic rings. The fourth-order valence-corrected chi connectivity index (χ4v) is 3.81. The minimum atomic E-state index is -2.97. The van der Waals surface area contributed by atoms with Crippen molar-refractivity contribution in [1.29, 1.82) is 5.26 Å². The zero-order valence-electron chi connectivity index (χ0n) is 15.3. The van der Waals surface area contributed by atoms with Gasteiger partial charge in [0.15, 0.2) is 11.7 Å². The highest BCUT2D eigenvalue weighted by Gasteiger charge is 2.47. The van der Waals surface area contributed by atoms with Crippen LogP contribution in [-0.4, -0.2) is 21.1 Å². The topological polar surface area (TPSA) is 90.5 Å². The van der Waals surface area contributed by atoms with E-state index in [9.17, 15) is 8.78 Å². The third-order valence-electron chi connectivity index (χ3n) is 5.16. The van der Waals surface area contributed by atoms with Crippen LogP contribution in [-0.2, 0) is 6.42 Å². The molecular weight excluding hydrogens is 376 g/mol. The monoisotopic (exact) mass is 391 g/mol. The predicted octanol–water partition coefficient (Wildman–Crippen LogP) is 4.74. The van der Waals surface area contributed by atoms with Crippen LogP contribution in [0.3, 0.4) is 0 Å². The molecule has 0 amide bonds. The lowest BCUT2D eigenvalue weighted by Gasteiger charge is -2.22. The summed E-state index contributed by atoms with van der Waals surface area (Å²) in [6.45, 7) is 1.74. The fraction of sp³-hybridized carbons (Fsp3) is 0.190. The molecule has 2 N–H and O–H groups in total. The number of aromatic nitrogens is 3. The van der Waals surface area contributed by atoms with Crippen molar-refractivity contribution < 1.29 is 13.2 Å². The number of H-pyrrole nitrogens is 1. The van der Waals surface area contributed by atoms with Gasteiger partial charge in [-0.15, -0.1) is 0 Å². The summed E-state index contributed by atoms with van der Waals surface area (Å²) in [6.07, 6.45) is 1.19. The predicted molar refractivity (Wildman–Crippen MR) is 102 cm³/mol. The molecule has 0 saturated carbocycles. The largest absolute Gasteiger partial charge is 0.439 e. The van der Waals surface area contributed by atoms with Crippen LogP contribution in [0.5, 0.6) is 0 Å². The van der Waals surface area contributed by atoms with E-state index in [1.807, 2.05) is 6.07 Å². The van der Waals surface area contributed by atoms with Gasteiger partial charge in [0.1, 0.15) is 11.7 Å². The van der Waals surface area contributed by atoms with Gasteiger partial charge in [-0.05, 0) is 41.5 Å². The molecule has 2 heterocycles. The lowest BCUT2D eigenvalue weighted by Crippen LogP contribution is -2.28. The third-order valence-corrected chi connectivity index (χ3v) is 5.16. The molecular formula is C21H15F2N5O. The van der Waals surface area contributed by atoms with E-state index in [1.54, 1.807) is 43.5 Å². The third kappa shape index (κ3) is 2.83. The first kappa shape index (κ1) is 17.4. The van der Waals surface area contributed by atoms with Crippen molar-refractivity contribution in [2.24, 2.45) is 0 Å². The summed E-state index contributed by atoms with van der Waals surface area (Å²) < 4.78 is 35.0. The lowest BCUT2D eigenvalue weighted by molar-refractivity contribution is -0.00705. The van der Waals surface area contributed by atoms with Gasteiger partial charge in [-0.2, -0.15) is 10.4 Å². The summed E-state index contributed by atoms with van der Waals surface area (Å²) in [7, 11) is 0. The lowest BCUT2D eigenvalue weighted by atomic mass is 10.0. The Morgan fingerprint density at radius 3 is 2.90 bits per heavy atom. The van der Waals surface area contributed by atoms with E-state index in [2.05, 4.69) is 20.5 Å². The van der Waals surface area contributed by atoms with E-state index in [0.29, 0.717) is 39.7 Å². The molecule has 1 atom stereocenters. The molecule has 1 aliphatic carbocycles. The number of benzene rings is 2. The Bertz CT molecular complexity index is 1280. The van der Waals surface area contributed by atoms with E-state index in [4.69, 9.17) is 9.68 Å². The second-order valence-corrected chi connectivity index (χ2v) is 7.12. The molecule has 0 saturated heterocycles. The Morgan fingerprint density at radius 2 is 2.14 bits per heavy atom. The van der Waals surface area contributed by atoms with Gasteiger partial charge in [-0.3, -0.25) is 5.10 Å². The maximum absolute atomic E-state index is 14.7. The molecule has 0 bridgehead atoms. The summed E-state index contributed by atoms with van der Waals surface area (Å²) in [5, 5.41) is 19.9. The second kappa shape index (κ2) is 6.14. The number of halogens is 2. The highest BCUT2D eigenvalue weighted by molar-refractivity contribution is 5.93. The van der Waals surface area contributed by atoms with E-state index in [0.717, 1.165) is 10.9 Å². The van der Waals surface area contributed by atoms with Crippen molar-refractivity contribution in [1.82, 2.24) is 15.2 Å². The highest BCUT2D eigenvalue weighted by atomic mass is 19.3. The van der Waals surface area contributed by atoms with Gasteiger partial charge in [0.25, 0.3) is 5.92 Å². The van der Waals surface area contributed by atoms with Crippen molar-refractivity contribution in [3.8, 4) is 17.5 Å². The molecule has 8 heteroatoms. The Labute approximate surface area is 164 Å². The summed E-state index contributed by atoms with van der Waals surface area (Å²) in [6, 6.07) is 10.8. The summed E-state index contributed by atoms with van der Waals surface area (Å²) in [4.78, 5) is 4.08. The molecule has 0 spiro atoms. The molecule has 2 aromatic heterocycles. The molecule has 2 aromatic carbocycles. The standard InChI is InChI=1S/C21H15F2N5O/c1-11-25-10-18(29-11)19-16-7-14(3-5-17(16)27-28-19)26-20-15-4-2-12(9-24)6-13(15)8-21(20,22)23/h2-7,10,20,26H,8H2,1H3,(H,27,28). The first-order valence-corrected chi connectivity index (χ1v) is 9.03. The molecule has 0 fully saturated rings. The number of nitriles is 1. The number of nitrogens with one attached hydrogen (secondary N) is 2. The molecule has 6 nitrogen and oxygen atoms in total. The van der Waals surface area contributed by atoms with E-state index in [1.165, 1.54) is 6.07 Å². The van der Waals surface area contributed by atoms with Gasteiger partial charge < -0.3 is 9.73 Å². The van der Waals surface area contributed by atoms with Crippen molar-refractivity contribution in [3.05, 3.63) is 65.2 Å². The number of hydrogen-bond donors (Lipinski definition) is 2. The smallest absolute Gasteiger partial charge is 0.275 e. The number of hydrogen-bond acceptors (Lipinski definition) is 5. The van der Waals surface area contributed by atoms with Crippen LogP contribution in [0.15, 0.2) is 47.0 Å². The van der Waals surface area contributed by atoms with Crippen LogP contribution in [0.1, 0.15) is 28.6 Å². The first-order chi connectivity index (χ1) is 13.9. The second-order valence-electron chi connectivity index (χ2n) is 7.12. The van der Waals surface area contributed by atoms with Gasteiger partial charge >= 0.3 is 0 Å². The van der Waals surface area contributed by atoms with Crippen LogP contribution in [0.4, 0.5) is 14.5 Å². The van der Waals surface area contributed by atoms with Crippen LogP contribution < -0.4 is 5.32 Å². The van der Waals surface area contributed by atoms with Gasteiger partial charge in [0.2, 0.25) is 0 Å². The van der Waals surface area contributed by atoms with Crippen LogP contribution in [0.2, 0.25) is 0 Å². The van der Waals surface area contributed by atoms with Gasteiger partial charge in [0.05, 0.1) is 23.3 Å². The zero-order chi connectivity index (χ0) is 20.2. The maximum Gasteiger partial charge on any atom is 0.275 e. The molecule has 29 heavy (non-hydrogen) atoms. The SMILES string of the molecule is Cc1ncc(-c2n[nH]c3ccc(NC4c5ccc(C#N)cc5CC4(F)F)cc23)o1. The van der Waals surface area contributed by atoms with Gasteiger partial charge in [-0.1, -0.05) is 6.07 Å². The minimum Gasteiger partial charge on any atom is -0.439 e. The average Bonchev–Trinajstić information content (AvgIpc) is 3.37. The molecule has 0 radical (unpaired) electrons. The average molecular weight is 391 g/mol. The Morgan fingerprint density at radius 1 is 1.28 bits per heavy atom. The maximum atomic E-state index is 14.7. The number of oxazole rings is 1. The van der Waals surface area contributed by atoms with Crippen LogP contribution in [0.25, 0.3) is 22.4 Å². The minimum absolute atomic E-state index is 0.381. The first-order valence-electron chi connectivity index (χ1n) is 9.03. The molecule has 144 valence electrons. The fourth-order valence-electron chi connectivity index (χ4n) is 3.81. The molecule has 1 unspecified atom stereocenters. The quantitative estimate of drug-likeness (QED) is 0.526. The number of fused-ring (bicyclic) bond motifs is 2.